The average Bonchev–Trinajstić information content (AvgIpc) is 2.55. The van der Waals surface area contributed by atoms with Crippen LogP contribution < -0.4 is 10.6 Å². The Kier molecular flexibility index (Phi) is 7.96. The Hall–Kier alpha value is -0.650. The molecule has 0 aromatic heterocycles. The lowest BCUT2D eigenvalue weighted by molar-refractivity contribution is -0.121. The molecular formula is C13H27N3O2. The van der Waals surface area contributed by atoms with E-state index in [2.05, 4.69) is 22.6 Å². The molecule has 2 N–H and O–H groups in total. The SMILES string of the molecule is COCCNC(=O)CCNC1CCCN(C)CC1. The molecule has 18 heavy (non-hydrogen) atoms. The molecule has 1 aliphatic heterocycles. The van der Waals surface area contributed by atoms with Crippen molar-refractivity contribution in [3.63, 3.8) is 0 Å². The zero-order chi connectivity index (χ0) is 13.2. The molecule has 0 bridgehead atoms. The van der Waals surface area contributed by atoms with Crippen LogP contribution in [0, 0.1) is 0 Å². The van der Waals surface area contributed by atoms with Gasteiger partial charge in [0.05, 0.1) is 6.61 Å². The molecule has 1 heterocycles. The number of hydrogen-bond acceptors (Lipinski definition) is 4. The van der Waals surface area contributed by atoms with Gasteiger partial charge in [0.1, 0.15) is 0 Å². The third-order valence-corrected chi connectivity index (χ3v) is 3.37. The van der Waals surface area contributed by atoms with Crippen molar-refractivity contribution in [3.8, 4) is 0 Å². The highest BCUT2D eigenvalue weighted by Gasteiger charge is 2.14. The van der Waals surface area contributed by atoms with E-state index in [4.69, 9.17) is 4.74 Å². The molecule has 1 aliphatic rings. The van der Waals surface area contributed by atoms with Gasteiger partial charge in [-0.15, -0.1) is 0 Å². The summed E-state index contributed by atoms with van der Waals surface area (Å²) < 4.78 is 4.88. The minimum Gasteiger partial charge on any atom is -0.383 e. The molecule has 1 fully saturated rings. The number of amides is 1. The van der Waals surface area contributed by atoms with E-state index in [-0.39, 0.29) is 5.91 Å². The fourth-order valence-electron chi connectivity index (χ4n) is 2.21. The first-order chi connectivity index (χ1) is 8.72. The van der Waals surface area contributed by atoms with Gasteiger partial charge in [-0.25, -0.2) is 0 Å². The highest BCUT2D eigenvalue weighted by Crippen LogP contribution is 2.09. The van der Waals surface area contributed by atoms with Crippen LogP contribution in [0.15, 0.2) is 0 Å². The van der Waals surface area contributed by atoms with Gasteiger partial charge in [-0.1, -0.05) is 0 Å². The molecule has 0 spiro atoms. The second-order valence-electron chi connectivity index (χ2n) is 4.98. The van der Waals surface area contributed by atoms with Gasteiger partial charge >= 0.3 is 0 Å². The molecule has 0 saturated carbocycles. The smallest absolute Gasteiger partial charge is 0.221 e. The minimum atomic E-state index is 0.102. The van der Waals surface area contributed by atoms with E-state index in [1.54, 1.807) is 7.11 Å². The topological polar surface area (TPSA) is 53.6 Å². The molecule has 0 aromatic rings. The van der Waals surface area contributed by atoms with Crippen LogP contribution in [0.2, 0.25) is 0 Å². The van der Waals surface area contributed by atoms with Crippen molar-refractivity contribution in [1.29, 1.82) is 0 Å². The van der Waals surface area contributed by atoms with Crippen molar-refractivity contribution in [2.24, 2.45) is 0 Å². The summed E-state index contributed by atoms with van der Waals surface area (Å²) in [5, 5.41) is 6.31. The lowest BCUT2D eigenvalue weighted by atomic mass is 10.1. The van der Waals surface area contributed by atoms with E-state index in [0.29, 0.717) is 25.6 Å². The average molecular weight is 257 g/mol. The quantitative estimate of drug-likeness (QED) is 0.640. The van der Waals surface area contributed by atoms with Crippen LogP contribution in [0.5, 0.6) is 0 Å². The van der Waals surface area contributed by atoms with Crippen LogP contribution in [0.25, 0.3) is 0 Å². The summed E-state index contributed by atoms with van der Waals surface area (Å²) in [6, 6.07) is 0.571. The molecule has 1 saturated heterocycles. The number of ether oxygens (including phenoxy) is 1. The van der Waals surface area contributed by atoms with Gasteiger partial charge in [-0.05, 0) is 39.4 Å². The van der Waals surface area contributed by atoms with E-state index >= 15 is 0 Å². The van der Waals surface area contributed by atoms with Gasteiger partial charge in [0.2, 0.25) is 5.91 Å². The molecule has 5 nitrogen and oxygen atoms in total. The normalized spacial score (nSPS) is 21.6. The van der Waals surface area contributed by atoms with Crippen LogP contribution in [-0.2, 0) is 9.53 Å². The number of hydrogen-bond donors (Lipinski definition) is 2. The second kappa shape index (κ2) is 9.30. The van der Waals surface area contributed by atoms with Gasteiger partial charge < -0.3 is 20.3 Å². The summed E-state index contributed by atoms with van der Waals surface area (Å²) in [5.41, 5.74) is 0. The van der Waals surface area contributed by atoms with Crippen LogP contribution in [0.1, 0.15) is 25.7 Å². The predicted octanol–water partition coefficient (Wildman–Crippen LogP) is 0.213. The molecule has 0 aliphatic carbocycles. The molecule has 5 heteroatoms. The molecule has 1 unspecified atom stereocenters. The largest absolute Gasteiger partial charge is 0.383 e. The Morgan fingerprint density at radius 1 is 1.33 bits per heavy atom. The van der Waals surface area contributed by atoms with Gasteiger partial charge in [-0.3, -0.25) is 4.79 Å². The Balaban J connectivity index is 2.04. The zero-order valence-electron chi connectivity index (χ0n) is 11.7. The van der Waals surface area contributed by atoms with Crippen LogP contribution in [0.3, 0.4) is 0 Å². The van der Waals surface area contributed by atoms with Crippen LogP contribution in [-0.4, -0.2) is 63.8 Å². The third-order valence-electron chi connectivity index (χ3n) is 3.37. The van der Waals surface area contributed by atoms with Gasteiger partial charge in [0, 0.05) is 32.7 Å². The fraction of sp³-hybridized carbons (Fsp3) is 0.923. The molecule has 1 amide bonds. The lowest BCUT2D eigenvalue weighted by Crippen LogP contribution is -2.35. The molecule has 0 radical (unpaired) electrons. The number of methoxy groups -OCH3 is 1. The first-order valence-corrected chi connectivity index (χ1v) is 6.90. The predicted molar refractivity (Wildman–Crippen MR) is 72.6 cm³/mol. The van der Waals surface area contributed by atoms with Crippen molar-refractivity contribution in [2.75, 3.05) is 46.9 Å². The maximum absolute atomic E-state index is 11.5. The van der Waals surface area contributed by atoms with Gasteiger partial charge in [0.15, 0.2) is 0 Å². The fourth-order valence-corrected chi connectivity index (χ4v) is 2.21. The maximum Gasteiger partial charge on any atom is 0.221 e. The van der Waals surface area contributed by atoms with Gasteiger partial charge in [0.25, 0.3) is 0 Å². The molecule has 1 atom stereocenters. The molecule has 0 aromatic carbocycles. The number of nitrogens with one attached hydrogen (secondary N) is 2. The zero-order valence-corrected chi connectivity index (χ0v) is 11.7. The summed E-state index contributed by atoms with van der Waals surface area (Å²) >= 11 is 0. The molecule has 1 rings (SSSR count). The van der Waals surface area contributed by atoms with E-state index in [0.717, 1.165) is 13.1 Å². The standard InChI is InChI=1S/C13H27N3O2/c1-16-9-3-4-12(6-10-16)14-7-5-13(17)15-8-11-18-2/h12,14H,3-11H2,1-2H3,(H,15,17). The summed E-state index contributed by atoms with van der Waals surface area (Å²) in [7, 11) is 3.81. The monoisotopic (exact) mass is 257 g/mol. The highest BCUT2D eigenvalue weighted by atomic mass is 16.5. The Bertz CT molecular complexity index is 236. The minimum absolute atomic E-state index is 0.102. The molecule has 106 valence electrons. The number of rotatable bonds is 7. The second-order valence-corrected chi connectivity index (χ2v) is 4.98. The summed E-state index contributed by atoms with van der Waals surface area (Å²) in [4.78, 5) is 13.8. The Labute approximate surface area is 110 Å². The maximum atomic E-state index is 11.5. The summed E-state index contributed by atoms with van der Waals surface area (Å²) in [6.07, 6.45) is 4.20. The van der Waals surface area contributed by atoms with Gasteiger partial charge in [-0.2, -0.15) is 0 Å². The number of carbonyl (C=O) groups excluding carboxylic acids is 1. The first kappa shape index (κ1) is 15.4. The number of carbonyl (C=O) groups is 1. The highest BCUT2D eigenvalue weighted by molar-refractivity contribution is 5.76. The van der Waals surface area contributed by atoms with E-state index in [9.17, 15) is 4.79 Å². The van der Waals surface area contributed by atoms with E-state index < -0.39 is 0 Å². The van der Waals surface area contributed by atoms with Crippen molar-refractivity contribution in [3.05, 3.63) is 0 Å². The number of nitrogens with zero attached hydrogens (tertiary/aromatic N) is 1. The van der Waals surface area contributed by atoms with Crippen molar-refractivity contribution < 1.29 is 9.53 Å². The Morgan fingerprint density at radius 2 is 2.17 bits per heavy atom. The van der Waals surface area contributed by atoms with Crippen LogP contribution in [0.4, 0.5) is 0 Å². The lowest BCUT2D eigenvalue weighted by Gasteiger charge is -2.16. The first-order valence-electron chi connectivity index (χ1n) is 6.90. The van der Waals surface area contributed by atoms with E-state index in [1.807, 2.05) is 0 Å². The third kappa shape index (κ3) is 6.93. The van der Waals surface area contributed by atoms with Crippen molar-refractivity contribution in [2.45, 2.75) is 31.7 Å². The summed E-state index contributed by atoms with van der Waals surface area (Å²) in [6.45, 7) is 4.29. The van der Waals surface area contributed by atoms with E-state index in [1.165, 1.54) is 25.8 Å². The summed E-state index contributed by atoms with van der Waals surface area (Å²) in [5.74, 6) is 0.102. The number of likely N-dealkylation sites (tertiary alicyclic amines) is 1. The molecular weight excluding hydrogens is 230 g/mol. The van der Waals surface area contributed by atoms with Crippen molar-refractivity contribution in [1.82, 2.24) is 15.5 Å². The van der Waals surface area contributed by atoms with Crippen molar-refractivity contribution >= 4 is 5.91 Å². The van der Waals surface area contributed by atoms with Crippen LogP contribution >= 0.6 is 0 Å². The Morgan fingerprint density at radius 3 is 2.94 bits per heavy atom.